The lowest BCUT2D eigenvalue weighted by Gasteiger charge is -2.19. The fraction of sp³-hybridized carbons (Fsp3) is 0.423. The molecule has 1 aromatic heterocycles. The lowest BCUT2D eigenvalue weighted by Crippen LogP contribution is -2.12. The van der Waals surface area contributed by atoms with Crippen LogP contribution in [0.5, 0.6) is 5.75 Å². The van der Waals surface area contributed by atoms with Gasteiger partial charge in [-0.2, -0.15) is 13.2 Å². The second-order valence-corrected chi connectivity index (χ2v) is 9.85. The van der Waals surface area contributed by atoms with Crippen molar-refractivity contribution in [2.45, 2.75) is 57.3 Å². The molecular weight excluding hydrogens is 467 g/mol. The van der Waals surface area contributed by atoms with E-state index in [0.29, 0.717) is 34.9 Å². The molecule has 0 bridgehead atoms. The molecule has 4 nitrogen and oxygen atoms in total. The molecule has 2 aliphatic carbocycles. The van der Waals surface area contributed by atoms with E-state index in [2.05, 4.69) is 0 Å². The van der Waals surface area contributed by atoms with Crippen LogP contribution in [0.2, 0.25) is 5.02 Å². The summed E-state index contributed by atoms with van der Waals surface area (Å²) in [7, 11) is 0. The molecule has 180 valence electrons. The molecule has 0 radical (unpaired) electrons. The predicted molar refractivity (Wildman–Crippen MR) is 123 cm³/mol. The Balaban J connectivity index is 1.32. The van der Waals surface area contributed by atoms with Crippen molar-refractivity contribution in [2.75, 3.05) is 0 Å². The summed E-state index contributed by atoms with van der Waals surface area (Å²) in [5, 5.41) is 10.4. The molecule has 2 saturated carbocycles. The van der Waals surface area contributed by atoms with Crippen LogP contribution in [0.25, 0.3) is 10.9 Å². The lowest BCUT2D eigenvalue weighted by molar-refractivity contribution is -0.139. The zero-order valence-corrected chi connectivity index (χ0v) is 19.2. The van der Waals surface area contributed by atoms with Gasteiger partial charge in [0.2, 0.25) is 0 Å². The van der Waals surface area contributed by atoms with E-state index in [4.69, 9.17) is 21.4 Å². The number of ether oxygens (including phenoxy) is 1. The zero-order chi connectivity index (χ0) is 24.0. The maximum atomic E-state index is 13.7. The summed E-state index contributed by atoms with van der Waals surface area (Å²) in [5.74, 6) is -0.541. The van der Waals surface area contributed by atoms with Crippen molar-refractivity contribution < 1.29 is 27.8 Å². The minimum Gasteiger partial charge on any atom is -0.489 e. The zero-order valence-electron chi connectivity index (χ0n) is 18.4. The van der Waals surface area contributed by atoms with E-state index >= 15 is 0 Å². The van der Waals surface area contributed by atoms with Crippen molar-refractivity contribution in [2.24, 2.45) is 11.8 Å². The van der Waals surface area contributed by atoms with Gasteiger partial charge in [-0.1, -0.05) is 36.6 Å². The lowest BCUT2D eigenvalue weighted by atomic mass is 9.91. The number of hydrogen-bond acceptors (Lipinski definition) is 2. The van der Waals surface area contributed by atoms with Crippen molar-refractivity contribution in [1.82, 2.24) is 4.57 Å². The highest BCUT2D eigenvalue weighted by Gasteiger charge is 2.43. The van der Waals surface area contributed by atoms with E-state index in [-0.39, 0.29) is 24.4 Å². The molecule has 5 rings (SSSR count). The fourth-order valence-corrected chi connectivity index (χ4v) is 5.53. The largest absolute Gasteiger partial charge is 0.489 e. The monoisotopic (exact) mass is 491 g/mol. The summed E-state index contributed by atoms with van der Waals surface area (Å²) >= 11 is 6.51. The van der Waals surface area contributed by atoms with Crippen LogP contribution in [0, 0.1) is 11.8 Å². The van der Waals surface area contributed by atoms with E-state index in [1.54, 1.807) is 24.3 Å². The van der Waals surface area contributed by atoms with Gasteiger partial charge in [0.1, 0.15) is 12.4 Å². The van der Waals surface area contributed by atoms with E-state index in [0.717, 1.165) is 36.6 Å². The third kappa shape index (κ3) is 4.63. The van der Waals surface area contributed by atoms with E-state index in [1.807, 2.05) is 16.8 Å². The standard InChI is InChI=1S/C26H25ClF3NO3/c27-23-12-19(10-17-7-8-31(24(17)23)13-18-11-21(18)25(32)33)34-14-15-5-6-20(16-3-1-2-4-16)22(9-15)26(28,29)30/h5-10,12,16,18,21H,1-4,11,13-14H2,(H,32,33)/t18-,21+/m0/s1. The van der Waals surface area contributed by atoms with Gasteiger partial charge in [-0.15, -0.1) is 0 Å². The molecular formula is C26H25ClF3NO3. The third-order valence-electron chi connectivity index (χ3n) is 7.08. The molecule has 0 unspecified atom stereocenters. The van der Waals surface area contributed by atoms with Crippen molar-refractivity contribution in [3.8, 4) is 5.75 Å². The van der Waals surface area contributed by atoms with Gasteiger partial charge in [0.25, 0.3) is 0 Å². The second kappa shape index (κ2) is 8.84. The van der Waals surface area contributed by atoms with E-state index in [1.165, 1.54) is 6.07 Å². The molecule has 2 aliphatic rings. The first-order valence-electron chi connectivity index (χ1n) is 11.5. The number of carbonyl (C=O) groups is 1. The van der Waals surface area contributed by atoms with Gasteiger partial charge in [-0.25, -0.2) is 0 Å². The Kier molecular flexibility index (Phi) is 6.00. The van der Waals surface area contributed by atoms with E-state index < -0.39 is 17.7 Å². The van der Waals surface area contributed by atoms with Crippen LogP contribution in [0.4, 0.5) is 13.2 Å². The van der Waals surface area contributed by atoms with Crippen LogP contribution in [0.3, 0.4) is 0 Å². The predicted octanol–water partition coefficient (Wildman–Crippen LogP) is 7.27. The highest BCUT2D eigenvalue weighted by molar-refractivity contribution is 6.35. The molecule has 0 saturated heterocycles. The summed E-state index contributed by atoms with van der Waals surface area (Å²) in [6.45, 7) is 0.576. The Morgan fingerprint density at radius 2 is 1.91 bits per heavy atom. The molecule has 2 aromatic carbocycles. The first-order valence-corrected chi connectivity index (χ1v) is 11.9. The third-order valence-corrected chi connectivity index (χ3v) is 7.37. The topological polar surface area (TPSA) is 51.5 Å². The number of alkyl halides is 3. The molecule has 0 amide bonds. The number of carboxylic acid groups (broad SMARTS) is 1. The molecule has 8 heteroatoms. The molecule has 0 aliphatic heterocycles. The van der Waals surface area contributed by atoms with Crippen LogP contribution in [-0.2, 0) is 24.1 Å². The Labute approximate surface area is 200 Å². The van der Waals surface area contributed by atoms with Gasteiger partial charge in [-0.05, 0) is 60.4 Å². The van der Waals surface area contributed by atoms with Gasteiger partial charge in [0.05, 0.1) is 22.0 Å². The molecule has 3 aromatic rings. The Bertz CT molecular complexity index is 1230. The molecule has 0 spiro atoms. The summed E-state index contributed by atoms with van der Waals surface area (Å²) in [6.07, 6.45) is 1.67. The number of fused-ring (bicyclic) bond motifs is 1. The number of rotatable bonds is 7. The Morgan fingerprint density at radius 3 is 2.59 bits per heavy atom. The summed E-state index contributed by atoms with van der Waals surface area (Å²) in [4.78, 5) is 11.1. The normalized spacial score (nSPS) is 20.7. The highest BCUT2D eigenvalue weighted by atomic mass is 35.5. The van der Waals surface area contributed by atoms with Crippen LogP contribution in [0.1, 0.15) is 54.7 Å². The van der Waals surface area contributed by atoms with Crippen LogP contribution in [-0.4, -0.2) is 15.6 Å². The minimum absolute atomic E-state index is 0.00106. The second-order valence-electron chi connectivity index (χ2n) is 9.44. The maximum Gasteiger partial charge on any atom is 0.416 e. The smallest absolute Gasteiger partial charge is 0.416 e. The number of halogens is 4. The number of aromatic nitrogens is 1. The minimum atomic E-state index is -4.40. The van der Waals surface area contributed by atoms with Crippen LogP contribution < -0.4 is 4.74 Å². The average molecular weight is 492 g/mol. The van der Waals surface area contributed by atoms with Crippen molar-refractivity contribution in [3.63, 3.8) is 0 Å². The number of aliphatic carboxylic acids is 1. The van der Waals surface area contributed by atoms with Crippen molar-refractivity contribution >= 4 is 28.5 Å². The van der Waals surface area contributed by atoms with Gasteiger partial charge in [0, 0.05) is 24.2 Å². The maximum absolute atomic E-state index is 13.7. The molecule has 1 N–H and O–H groups in total. The molecule has 34 heavy (non-hydrogen) atoms. The number of hydrogen-bond donors (Lipinski definition) is 1. The van der Waals surface area contributed by atoms with Crippen LogP contribution in [0.15, 0.2) is 42.6 Å². The van der Waals surface area contributed by atoms with Gasteiger partial charge in [-0.3, -0.25) is 4.79 Å². The quantitative estimate of drug-likeness (QED) is 0.378. The molecule has 2 fully saturated rings. The Morgan fingerprint density at radius 1 is 1.15 bits per heavy atom. The Hall–Kier alpha value is -2.67. The average Bonchev–Trinajstić information content (AvgIpc) is 3.16. The number of carboxylic acids is 1. The van der Waals surface area contributed by atoms with Crippen molar-refractivity contribution in [1.29, 1.82) is 0 Å². The summed E-state index contributed by atoms with van der Waals surface area (Å²) in [6, 6.07) is 9.86. The summed E-state index contributed by atoms with van der Waals surface area (Å²) in [5.41, 5.74) is 1.08. The van der Waals surface area contributed by atoms with Gasteiger partial charge < -0.3 is 14.4 Å². The van der Waals surface area contributed by atoms with Crippen molar-refractivity contribution in [3.05, 3.63) is 64.3 Å². The van der Waals surface area contributed by atoms with E-state index in [9.17, 15) is 18.0 Å². The molecule has 1 heterocycles. The SMILES string of the molecule is O=C(O)[C@@H]1C[C@H]1Cn1ccc2cc(OCc3ccc(C4CCCC4)c(C(F)(F)F)c3)cc(Cl)c21. The number of nitrogens with zero attached hydrogens (tertiary/aromatic N) is 1. The first-order chi connectivity index (χ1) is 16.2. The van der Waals surface area contributed by atoms with Gasteiger partial charge in [0.15, 0.2) is 0 Å². The first kappa shape index (κ1) is 23.1. The van der Waals surface area contributed by atoms with Gasteiger partial charge >= 0.3 is 12.1 Å². The number of benzene rings is 2. The summed E-state index contributed by atoms with van der Waals surface area (Å²) < 4.78 is 49.0. The highest BCUT2D eigenvalue weighted by Crippen LogP contribution is 2.43. The molecule has 2 atom stereocenters. The fourth-order valence-electron chi connectivity index (χ4n) is 5.21. The van der Waals surface area contributed by atoms with Crippen LogP contribution >= 0.6 is 11.6 Å².